The van der Waals surface area contributed by atoms with Gasteiger partial charge in [-0.25, -0.2) is 9.18 Å². The number of aliphatic hydroxyl groups is 1. The molecular formula is C26H31FN4O5. The summed E-state index contributed by atoms with van der Waals surface area (Å²) in [4.78, 5) is 29.4. The predicted octanol–water partition coefficient (Wildman–Crippen LogP) is 2.63. The number of para-hydroxylation sites is 1. The number of rotatable bonds is 5. The molecule has 4 atom stereocenters. The van der Waals surface area contributed by atoms with Gasteiger partial charge in [0.25, 0.3) is 0 Å². The first kappa shape index (κ1) is 24.5. The molecule has 3 amide bonds. The van der Waals surface area contributed by atoms with Gasteiger partial charge in [0.2, 0.25) is 5.91 Å². The number of benzene rings is 2. The number of amides is 3. The van der Waals surface area contributed by atoms with Crippen molar-refractivity contribution >= 4 is 23.3 Å². The van der Waals surface area contributed by atoms with Gasteiger partial charge in [0.05, 0.1) is 24.8 Å². The van der Waals surface area contributed by atoms with Crippen LogP contribution in [0, 0.1) is 5.82 Å². The second kappa shape index (κ2) is 10.4. The lowest BCUT2D eigenvalue weighted by Crippen LogP contribution is -2.50. The Morgan fingerprint density at radius 2 is 1.89 bits per heavy atom. The Bertz CT molecular complexity index is 1120. The van der Waals surface area contributed by atoms with Crippen molar-refractivity contribution < 1.29 is 28.6 Å². The lowest BCUT2D eigenvalue weighted by molar-refractivity contribution is -0.150. The summed E-state index contributed by atoms with van der Waals surface area (Å²) in [6, 6.07) is 10.7. The van der Waals surface area contributed by atoms with Crippen LogP contribution in [0.15, 0.2) is 42.5 Å². The van der Waals surface area contributed by atoms with Crippen LogP contribution in [0.5, 0.6) is 5.75 Å². The molecule has 2 saturated heterocycles. The van der Waals surface area contributed by atoms with Gasteiger partial charge in [-0.2, -0.15) is 0 Å². The Labute approximate surface area is 209 Å². The van der Waals surface area contributed by atoms with Crippen LogP contribution in [0.3, 0.4) is 0 Å². The van der Waals surface area contributed by atoms with E-state index in [2.05, 4.69) is 15.5 Å². The average molecular weight is 499 g/mol. The summed E-state index contributed by atoms with van der Waals surface area (Å²) in [5.41, 5.74) is 1.51. The normalized spacial score (nSPS) is 25.5. The van der Waals surface area contributed by atoms with E-state index in [1.807, 2.05) is 18.0 Å². The first-order chi connectivity index (χ1) is 17.4. The van der Waals surface area contributed by atoms with E-state index < -0.39 is 18.0 Å². The van der Waals surface area contributed by atoms with Crippen molar-refractivity contribution in [2.24, 2.45) is 0 Å². The van der Waals surface area contributed by atoms with Crippen molar-refractivity contribution in [1.29, 1.82) is 0 Å². The summed E-state index contributed by atoms with van der Waals surface area (Å²) in [6.07, 6.45) is -0.448. The third-order valence-corrected chi connectivity index (χ3v) is 7.14. The zero-order chi connectivity index (χ0) is 25.2. The SMILES string of the molecule is CN1CCN(C(=O)C[C@H]2C[C@@H]3c4cc(NC(=O)Nc5ccccc5F)ccc4O[C@@H]3[C@@H](CO)O2)CC1. The van der Waals surface area contributed by atoms with Crippen molar-refractivity contribution in [3.8, 4) is 5.75 Å². The van der Waals surface area contributed by atoms with E-state index in [9.17, 15) is 19.1 Å². The fraction of sp³-hybridized carbons (Fsp3) is 0.462. The zero-order valence-corrected chi connectivity index (χ0v) is 20.2. The van der Waals surface area contributed by atoms with Crippen molar-refractivity contribution in [3.63, 3.8) is 0 Å². The summed E-state index contributed by atoms with van der Waals surface area (Å²) in [5.74, 6) is 0.112. The van der Waals surface area contributed by atoms with Gasteiger partial charge >= 0.3 is 6.03 Å². The molecule has 192 valence electrons. The molecule has 9 nitrogen and oxygen atoms in total. The molecule has 0 radical (unpaired) electrons. The minimum absolute atomic E-state index is 0.0580. The third kappa shape index (κ3) is 5.16. The summed E-state index contributed by atoms with van der Waals surface area (Å²) in [6.45, 7) is 2.89. The molecule has 0 unspecified atom stereocenters. The van der Waals surface area contributed by atoms with Crippen LogP contribution < -0.4 is 15.4 Å². The summed E-state index contributed by atoms with van der Waals surface area (Å²) in [7, 11) is 2.04. The highest BCUT2D eigenvalue weighted by molar-refractivity contribution is 5.99. The quantitative estimate of drug-likeness (QED) is 0.586. The Morgan fingerprint density at radius 3 is 2.64 bits per heavy atom. The molecule has 2 fully saturated rings. The number of aliphatic hydroxyl groups excluding tert-OH is 1. The van der Waals surface area contributed by atoms with E-state index in [4.69, 9.17) is 9.47 Å². The highest BCUT2D eigenvalue weighted by Crippen LogP contribution is 2.47. The molecule has 0 spiro atoms. The minimum Gasteiger partial charge on any atom is -0.487 e. The van der Waals surface area contributed by atoms with Gasteiger partial charge in [0.1, 0.15) is 23.8 Å². The van der Waals surface area contributed by atoms with Gasteiger partial charge in [0.15, 0.2) is 0 Å². The molecule has 0 aliphatic carbocycles. The summed E-state index contributed by atoms with van der Waals surface area (Å²) >= 11 is 0. The van der Waals surface area contributed by atoms with Crippen LogP contribution in [0.4, 0.5) is 20.6 Å². The minimum atomic E-state index is -0.564. The first-order valence-electron chi connectivity index (χ1n) is 12.3. The molecular weight excluding hydrogens is 467 g/mol. The fourth-order valence-corrected chi connectivity index (χ4v) is 5.19. The van der Waals surface area contributed by atoms with Gasteiger partial charge in [0, 0.05) is 43.3 Å². The van der Waals surface area contributed by atoms with E-state index >= 15 is 0 Å². The van der Waals surface area contributed by atoms with Crippen LogP contribution >= 0.6 is 0 Å². The fourth-order valence-electron chi connectivity index (χ4n) is 5.19. The maximum Gasteiger partial charge on any atom is 0.323 e. The summed E-state index contributed by atoms with van der Waals surface area (Å²) in [5, 5.41) is 15.2. The zero-order valence-electron chi connectivity index (χ0n) is 20.2. The highest BCUT2D eigenvalue weighted by atomic mass is 19.1. The third-order valence-electron chi connectivity index (χ3n) is 7.14. The molecule has 3 heterocycles. The number of hydrogen-bond acceptors (Lipinski definition) is 6. The Hall–Kier alpha value is -3.21. The second-order valence-electron chi connectivity index (χ2n) is 9.60. The Morgan fingerprint density at radius 1 is 1.11 bits per heavy atom. The number of hydrogen-bond donors (Lipinski definition) is 3. The lowest BCUT2D eigenvalue weighted by atomic mass is 9.84. The smallest absolute Gasteiger partial charge is 0.323 e. The molecule has 5 rings (SSSR count). The van der Waals surface area contributed by atoms with E-state index in [0.29, 0.717) is 30.9 Å². The van der Waals surface area contributed by atoms with E-state index in [-0.39, 0.29) is 42.7 Å². The first-order valence-corrected chi connectivity index (χ1v) is 12.3. The van der Waals surface area contributed by atoms with Crippen molar-refractivity contribution in [2.75, 3.05) is 50.5 Å². The number of urea groups is 1. The standard InChI is InChI=1S/C26H31FN4O5/c1-30-8-10-31(11-9-30)24(33)14-17-13-19-18-12-16(6-7-22(18)36-25(19)23(15-32)35-17)28-26(34)29-21-5-3-2-4-20(21)27/h2-7,12,17,19,23,25,32H,8-11,13-15H2,1H3,(H2,28,29,34)/t17-,19-,23-,25+/m1/s1. The van der Waals surface area contributed by atoms with Gasteiger partial charge in [-0.1, -0.05) is 12.1 Å². The number of halogens is 1. The maximum atomic E-state index is 13.9. The highest BCUT2D eigenvalue weighted by Gasteiger charge is 2.46. The van der Waals surface area contributed by atoms with E-state index in [0.717, 1.165) is 18.7 Å². The van der Waals surface area contributed by atoms with Crippen LogP contribution in [0.1, 0.15) is 24.3 Å². The molecule has 2 aromatic rings. The Balaban J connectivity index is 1.27. The monoisotopic (exact) mass is 498 g/mol. The molecule has 10 heteroatoms. The maximum absolute atomic E-state index is 13.9. The van der Waals surface area contributed by atoms with Gasteiger partial charge in [-0.15, -0.1) is 0 Å². The number of fused-ring (bicyclic) bond motifs is 3. The molecule has 3 N–H and O–H groups in total. The van der Waals surface area contributed by atoms with Crippen LogP contribution in [-0.2, 0) is 9.53 Å². The topological polar surface area (TPSA) is 103 Å². The number of carbonyl (C=O) groups excluding carboxylic acids is 2. The van der Waals surface area contributed by atoms with Crippen molar-refractivity contribution in [3.05, 3.63) is 53.8 Å². The molecule has 2 aromatic carbocycles. The predicted molar refractivity (Wildman–Crippen MR) is 132 cm³/mol. The molecule has 0 saturated carbocycles. The van der Waals surface area contributed by atoms with Crippen LogP contribution in [0.2, 0.25) is 0 Å². The number of ether oxygens (including phenoxy) is 2. The molecule has 0 aromatic heterocycles. The second-order valence-corrected chi connectivity index (χ2v) is 9.60. The van der Waals surface area contributed by atoms with Gasteiger partial charge in [-0.3, -0.25) is 4.79 Å². The Kier molecular flexibility index (Phi) is 7.08. The van der Waals surface area contributed by atoms with Crippen LogP contribution in [0.25, 0.3) is 0 Å². The van der Waals surface area contributed by atoms with Crippen molar-refractivity contribution in [2.45, 2.75) is 37.1 Å². The van der Waals surface area contributed by atoms with E-state index in [1.165, 1.54) is 12.1 Å². The number of likely N-dealkylation sites (N-methyl/N-ethyl adjacent to an activating group) is 1. The number of nitrogens with zero attached hydrogens (tertiary/aromatic N) is 2. The number of nitrogens with one attached hydrogen (secondary N) is 2. The van der Waals surface area contributed by atoms with Gasteiger partial charge in [-0.05, 0) is 43.8 Å². The number of piperazine rings is 1. The molecule has 3 aliphatic heterocycles. The molecule has 0 bridgehead atoms. The molecule has 36 heavy (non-hydrogen) atoms. The van der Waals surface area contributed by atoms with Crippen LogP contribution in [-0.4, -0.2) is 85.0 Å². The number of carbonyl (C=O) groups is 2. The number of anilines is 2. The van der Waals surface area contributed by atoms with Crippen molar-refractivity contribution in [1.82, 2.24) is 9.80 Å². The van der Waals surface area contributed by atoms with Gasteiger partial charge < -0.3 is 35.0 Å². The largest absolute Gasteiger partial charge is 0.487 e. The molecule has 3 aliphatic rings. The summed E-state index contributed by atoms with van der Waals surface area (Å²) < 4.78 is 26.1. The average Bonchev–Trinajstić information content (AvgIpc) is 3.23. The lowest BCUT2D eigenvalue weighted by Gasteiger charge is -2.38. The van der Waals surface area contributed by atoms with E-state index in [1.54, 1.807) is 24.3 Å².